The van der Waals surface area contributed by atoms with Crippen molar-refractivity contribution in [2.45, 2.75) is 39.5 Å². The molecule has 0 radical (unpaired) electrons. The molecule has 0 amide bonds. The molecular formula is C14H20N2. The minimum atomic E-state index is 0.737. The Balaban J connectivity index is 1.91. The molecule has 1 saturated carbocycles. The Morgan fingerprint density at radius 2 is 1.75 bits per heavy atom. The third-order valence-corrected chi connectivity index (χ3v) is 3.38. The second-order valence-corrected chi connectivity index (χ2v) is 5.00. The lowest BCUT2D eigenvalue weighted by Gasteiger charge is -2.23. The maximum atomic E-state index is 4.28. The molecule has 2 nitrogen and oxygen atoms in total. The Hall–Kier alpha value is -1.18. The molecule has 1 heterocycles. The van der Waals surface area contributed by atoms with E-state index in [1.807, 2.05) is 19.3 Å². The lowest BCUT2D eigenvalue weighted by Crippen LogP contribution is -2.10. The summed E-state index contributed by atoms with van der Waals surface area (Å²) in [5, 5.41) is 0. The second kappa shape index (κ2) is 5.24. The average Bonchev–Trinajstić information content (AvgIpc) is 2.30. The summed E-state index contributed by atoms with van der Waals surface area (Å²) in [7, 11) is 0. The first-order valence-electron chi connectivity index (χ1n) is 6.21. The van der Waals surface area contributed by atoms with Crippen molar-refractivity contribution in [2.24, 2.45) is 11.8 Å². The van der Waals surface area contributed by atoms with Crippen molar-refractivity contribution in [1.29, 1.82) is 0 Å². The molecule has 0 unspecified atom stereocenters. The zero-order valence-electron chi connectivity index (χ0n) is 10.2. The Labute approximate surface area is 97.8 Å². The van der Waals surface area contributed by atoms with Gasteiger partial charge in [0.25, 0.3) is 0 Å². The smallest absolute Gasteiger partial charge is 0.151 e. The predicted molar refractivity (Wildman–Crippen MR) is 66.9 cm³/mol. The van der Waals surface area contributed by atoms with E-state index in [9.17, 15) is 0 Å². The van der Waals surface area contributed by atoms with Crippen LogP contribution in [-0.2, 0) is 0 Å². The largest absolute Gasteiger partial charge is 0.237 e. The summed E-state index contributed by atoms with van der Waals surface area (Å²) in [5.41, 5.74) is 1.11. The highest BCUT2D eigenvalue weighted by Crippen LogP contribution is 2.29. The second-order valence-electron chi connectivity index (χ2n) is 5.00. The van der Waals surface area contributed by atoms with Crippen molar-refractivity contribution in [2.75, 3.05) is 0 Å². The maximum absolute atomic E-state index is 4.28. The van der Waals surface area contributed by atoms with Crippen molar-refractivity contribution < 1.29 is 0 Å². The van der Waals surface area contributed by atoms with Gasteiger partial charge >= 0.3 is 0 Å². The van der Waals surface area contributed by atoms with E-state index >= 15 is 0 Å². The number of hydrogen-bond acceptors (Lipinski definition) is 2. The average molecular weight is 216 g/mol. The molecule has 16 heavy (non-hydrogen) atoms. The van der Waals surface area contributed by atoms with Crippen LogP contribution in [0.3, 0.4) is 0 Å². The van der Waals surface area contributed by atoms with Crippen LogP contribution in [0.4, 0.5) is 0 Å². The molecule has 1 aromatic heterocycles. The van der Waals surface area contributed by atoms with Crippen molar-refractivity contribution in [1.82, 2.24) is 9.97 Å². The van der Waals surface area contributed by atoms with Crippen LogP contribution in [0.25, 0.3) is 6.08 Å². The van der Waals surface area contributed by atoms with Gasteiger partial charge in [0.2, 0.25) is 0 Å². The van der Waals surface area contributed by atoms with Gasteiger partial charge in [0.1, 0.15) is 0 Å². The Morgan fingerprint density at radius 3 is 2.38 bits per heavy atom. The molecule has 1 aliphatic carbocycles. The maximum Gasteiger partial charge on any atom is 0.151 e. The van der Waals surface area contributed by atoms with E-state index in [1.54, 1.807) is 0 Å². The molecule has 1 aliphatic rings. The van der Waals surface area contributed by atoms with Crippen molar-refractivity contribution in [3.05, 3.63) is 29.9 Å². The minimum Gasteiger partial charge on any atom is -0.237 e. The summed E-state index contributed by atoms with van der Waals surface area (Å²) in [6.45, 7) is 4.36. The number of hydrogen-bond donors (Lipinski definition) is 0. The molecular weight excluding hydrogens is 196 g/mol. The fourth-order valence-corrected chi connectivity index (χ4v) is 2.19. The van der Waals surface area contributed by atoms with Gasteiger partial charge in [-0.25, -0.2) is 9.97 Å². The first kappa shape index (κ1) is 11.3. The lowest BCUT2D eigenvalue weighted by atomic mass is 9.83. The van der Waals surface area contributed by atoms with E-state index in [0.717, 1.165) is 23.2 Å². The van der Waals surface area contributed by atoms with Gasteiger partial charge in [-0.05, 0) is 43.2 Å². The van der Waals surface area contributed by atoms with Gasteiger partial charge < -0.3 is 0 Å². The molecule has 0 bridgehead atoms. The van der Waals surface area contributed by atoms with Crippen LogP contribution < -0.4 is 0 Å². The molecule has 0 aromatic carbocycles. The van der Waals surface area contributed by atoms with E-state index in [2.05, 4.69) is 29.0 Å². The van der Waals surface area contributed by atoms with E-state index in [0.29, 0.717) is 0 Å². The standard InChI is InChI=1S/C14H20N2/c1-11-3-5-13(6-4-11)7-8-14-15-9-12(2)10-16-14/h7-11,13H,3-6H2,1-2H3/b8-7+. The fourth-order valence-electron chi connectivity index (χ4n) is 2.19. The number of nitrogens with zero attached hydrogens (tertiary/aromatic N) is 2. The number of aryl methyl sites for hydroxylation is 1. The van der Waals surface area contributed by atoms with Gasteiger partial charge in [-0.2, -0.15) is 0 Å². The highest BCUT2D eigenvalue weighted by Gasteiger charge is 2.15. The molecule has 1 fully saturated rings. The van der Waals surface area contributed by atoms with Crippen LogP contribution in [0.1, 0.15) is 44.0 Å². The van der Waals surface area contributed by atoms with Crippen LogP contribution in [0.2, 0.25) is 0 Å². The topological polar surface area (TPSA) is 25.8 Å². The van der Waals surface area contributed by atoms with Gasteiger partial charge in [-0.1, -0.05) is 25.8 Å². The van der Waals surface area contributed by atoms with Crippen molar-refractivity contribution in [3.8, 4) is 0 Å². The minimum absolute atomic E-state index is 0.737. The first-order valence-corrected chi connectivity index (χ1v) is 6.21. The predicted octanol–water partition coefficient (Wildman–Crippen LogP) is 3.62. The number of aromatic nitrogens is 2. The Morgan fingerprint density at radius 1 is 1.12 bits per heavy atom. The SMILES string of the molecule is Cc1cnc(/C=C/C2CCC(C)CC2)nc1. The monoisotopic (exact) mass is 216 g/mol. The highest BCUT2D eigenvalue weighted by molar-refractivity contribution is 5.39. The van der Waals surface area contributed by atoms with E-state index in [-0.39, 0.29) is 0 Å². The summed E-state index contributed by atoms with van der Waals surface area (Å²) in [6.07, 6.45) is 13.5. The molecule has 0 atom stereocenters. The van der Waals surface area contributed by atoms with Crippen LogP contribution in [0.5, 0.6) is 0 Å². The van der Waals surface area contributed by atoms with E-state index in [4.69, 9.17) is 0 Å². The summed E-state index contributed by atoms with van der Waals surface area (Å²) in [5.74, 6) is 2.49. The first-order chi connectivity index (χ1) is 7.74. The van der Waals surface area contributed by atoms with Gasteiger partial charge in [0.15, 0.2) is 5.82 Å². The normalized spacial score (nSPS) is 26.1. The third-order valence-electron chi connectivity index (χ3n) is 3.38. The summed E-state index contributed by atoms with van der Waals surface area (Å²) < 4.78 is 0. The van der Waals surface area contributed by atoms with Gasteiger partial charge in [-0.15, -0.1) is 0 Å². The summed E-state index contributed by atoms with van der Waals surface area (Å²) in [4.78, 5) is 8.56. The van der Waals surface area contributed by atoms with Gasteiger partial charge in [-0.3, -0.25) is 0 Å². The molecule has 0 aliphatic heterocycles. The molecule has 1 aromatic rings. The Kier molecular flexibility index (Phi) is 3.70. The third kappa shape index (κ3) is 3.16. The summed E-state index contributed by atoms with van der Waals surface area (Å²) in [6, 6.07) is 0. The highest BCUT2D eigenvalue weighted by atomic mass is 14.8. The number of allylic oxidation sites excluding steroid dienone is 1. The van der Waals surface area contributed by atoms with E-state index in [1.165, 1.54) is 25.7 Å². The molecule has 0 spiro atoms. The molecule has 2 heteroatoms. The van der Waals surface area contributed by atoms with Crippen molar-refractivity contribution >= 4 is 6.08 Å². The fraction of sp³-hybridized carbons (Fsp3) is 0.571. The number of rotatable bonds is 2. The van der Waals surface area contributed by atoms with Crippen LogP contribution in [-0.4, -0.2) is 9.97 Å². The molecule has 2 rings (SSSR count). The molecule has 86 valence electrons. The van der Waals surface area contributed by atoms with Gasteiger partial charge in [0, 0.05) is 12.4 Å². The van der Waals surface area contributed by atoms with Crippen LogP contribution >= 0.6 is 0 Å². The quantitative estimate of drug-likeness (QED) is 0.754. The Bertz CT molecular complexity index is 346. The summed E-state index contributed by atoms with van der Waals surface area (Å²) >= 11 is 0. The molecule has 0 N–H and O–H groups in total. The van der Waals surface area contributed by atoms with E-state index < -0.39 is 0 Å². The van der Waals surface area contributed by atoms with Crippen LogP contribution in [0.15, 0.2) is 18.5 Å². The molecule has 0 saturated heterocycles. The van der Waals surface area contributed by atoms with Crippen molar-refractivity contribution in [3.63, 3.8) is 0 Å². The lowest BCUT2D eigenvalue weighted by molar-refractivity contribution is 0.331. The van der Waals surface area contributed by atoms with Gasteiger partial charge in [0.05, 0.1) is 0 Å². The van der Waals surface area contributed by atoms with Crippen LogP contribution in [0, 0.1) is 18.8 Å². The zero-order valence-corrected chi connectivity index (χ0v) is 10.2. The zero-order chi connectivity index (χ0) is 11.4.